The monoisotopic (exact) mass is 295 g/mol. The van der Waals surface area contributed by atoms with Crippen LogP contribution in [0.4, 0.5) is 17.3 Å². The zero-order valence-electron chi connectivity index (χ0n) is 12.4. The van der Waals surface area contributed by atoms with Gasteiger partial charge in [0.15, 0.2) is 0 Å². The lowest BCUT2D eigenvalue weighted by Gasteiger charge is -2.12. The molecular weight excluding hydrogens is 278 g/mol. The third kappa shape index (κ3) is 2.14. The molecule has 0 bridgehead atoms. The van der Waals surface area contributed by atoms with Gasteiger partial charge in [-0.2, -0.15) is 14.6 Å². The molecule has 3 aromatic heterocycles. The number of pyridine rings is 1. The van der Waals surface area contributed by atoms with Crippen LogP contribution in [0.3, 0.4) is 0 Å². The number of nitrogens with zero attached hydrogens (tertiary/aromatic N) is 5. The number of anilines is 3. The van der Waals surface area contributed by atoms with E-state index in [-0.39, 0.29) is 0 Å². The van der Waals surface area contributed by atoms with Crippen LogP contribution in [-0.4, -0.2) is 31.1 Å². The number of nitrogens with one attached hydrogen (secondary N) is 2. The van der Waals surface area contributed by atoms with Crippen molar-refractivity contribution in [3.05, 3.63) is 35.9 Å². The Hall–Kier alpha value is -2.70. The Balaban J connectivity index is 1.73. The van der Waals surface area contributed by atoms with Crippen molar-refractivity contribution in [2.45, 2.75) is 26.2 Å². The highest BCUT2D eigenvalue weighted by Gasteiger charge is 2.21. The normalized spacial score (nSPS) is 13.3. The number of aromatic nitrogens is 5. The zero-order chi connectivity index (χ0) is 14.9. The van der Waals surface area contributed by atoms with Gasteiger partial charge < -0.3 is 10.6 Å². The summed E-state index contributed by atoms with van der Waals surface area (Å²) in [7, 11) is 0. The van der Waals surface area contributed by atoms with Crippen molar-refractivity contribution in [2.24, 2.45) is 0 Å². The molecule has 0 saturated heterocycles. The fourth-order valence-corrected chi connectivity index (χ4v) is 2.84. The molecule has 0 aliphatic heterocycles. The summed E-state index contributed by atoms with van der Waals surface area (Å²) < 4.78 is 1.77. The standard InChI is InChI=1S/C15H17N7/c1-2-16-13-7-6-10(8-17-13)20-14-11-4-3-5-12(11)21-15-18-9-19-22(14)15/h6-9,20H,2-5H2,1H3,(H,16,17). The van der Waals surface area contributed by atoms with Gasteiger partial charge in [0, 0.05) is 12.1 Å². The second-order valence-corrected chi connectivity index (χ2v) is 5.30. The zero-order valence-corrected chi connectivity index (χ0v) is 12.4. The molecule has 0 radical (unpaired) electrons. The van der Waals surface area contributed by atoms with E-state index in [0.29, 0.717) is 5.78 Å². The van der Waals surface area contributed by atoms with Gasteiger partial charge >= 0.3 is 0 Å². The fraction of sp³-hybridized carbons (Fsp3) is 0.333. The molecule has 112 valence electrons. The average molecular weight is 295 g/mol. The third-order valence-corrected chi connectivity index (χ3v) is 3.84. The van der Waals surface area contributed by atoms with Crippen LogP contribution >= 0.6 is 0 Å². The first-order chi connectivity index (χ1) is 10.8. The molecule has 0 amide bonds. The maximum atomic E-state index is 4.58. The Bertz CT molecular complexity index is 807. The predicted molar refractivity (Wildman–Crippen MR) is 84.5 cm³/mol. The predicted octanol–water partition coefficient (Wildman–Crippen LogP) is 2.18. The average Bonchev–Trinajstić information content (AvgIpc) is 3.17. The van der Waals surface area contributed by atoms with Gasteiger partial charge in [-0.1, -0.05) is 0 Å². The molecule has 0 aromatic carbocycles. The van der Waals surface area contributed by atoms with Crippen LogP contribution in [0.2, 0.25) is 0 Å². The van der Waals surface area contributed by atoms with Gasteiger partial charge in [-0.15, -0.1) is 0 Å². The molecule has 7 heteroatoms. The van der Waals surface area contributed by atoms with Crippen molar-refractivity contribution in [2.75, 3.05) is 17.2 Å². The van der Waals surface area contributed by atoms with Gasteiger partial charge in [0.05, 0.1) is 17.6 Å². The van der Waals surface area contributed by atoms with E-state index in [0.717, 1.165) is 48.8 Å². The van der Waals surface area contributed by atoms with Crippen molar-refractivity contribution in [3.8, 4) is 0 Å². The summed E-state index contributed by atoms with van der Waals surface area (Å²) in [4.78, 5) is 13.2. The van der Waals surface area contributed by atoms with Crippen LogP contribution in [0.25, 0.3) is 5.78 Å². The Morgan fingerprint density at radius 1 is 1.23 bits per heavy atom. The number of hydrogen-bond acceptors (Lipinski definition) is 6. The third-order valence-electron chi connectivity index (χ3n) is 3.84. The number of hydrogen-bond donors (Lipinski definition) is 2. The fourth-order valence-electron chi connectivity index (χ4n) is 2.84. The van der Waals surface area contributed by atoms with Gasteiger partial charge in [0.25, 0.3) is 5.78 Å². The van der Waals surface area contributed by atoms with Crippen LogP contribution in [0.5, 0.6) is 0 Å². The van der Waals surface area contributed by atoms with Crippen LogP contribution in [-0.2, 0) is 12.8 Å². The summed E-state index contributed by atoms with van der Waals surface area (Å²) in [6.07, 6.45) is 6.51. The lowest BCUT2D eigenvalue weighted by molar-refractivity contribution is 0.900. The highest BCUT2D eigenvalue weighted by molar-refractivity contribution is 5.64. The lowest BCUT2D eigenvalue weighted by atomic mass is 10.2. The van der Waals surface area contributed by atoms with E-state index in [4.69, 9.17) is 0 Å². The summed E-state index contributed by atoms with van der Waals surface area (Å²) in [6, 6.07) is 3.97. The molecule has 0 spiro atoms. The number of fused-ring (bicyclic) bond motifs is 2. The van der Waals surface area contributed by atoms with E-state index in [1.54, 1.807) is 4.52 Å². The molecule has 1 aliphatic rings. The molecule has 2 N–H and O–H groups in total. The summed E-state index contributed by atoms with van der Waals surface area (Å²) in [5, 5.41) is 10.9. The maximum absolute atomic E-state index is 4.58. The summed E-state index contributed by atoms with van der Waals surface area (Å²) >= 11 is 0. The van der Waals surface area contributed by atoms with Gasteiger partial charge in [-0.3, -0.25) is 0 Å². The first kappa shape index (κ1) is 13.0. The van der Waals surface area contributed by atoms with Crippen LogP contribution in [0.1, 0.15) is 24.6 Å². The SMILES string of the molecule is CCNc1ccc(Nc2c3c(nc4ncnn24)CCC3)cn1. The highest BCUT2D eigenvalue weighted by Crippen LogP contribution is 2.29. The number of aryl methyl sites for hydroxylation is 1. The van der Waals surface area contributed by atoms with E-state index in [1.807, 2.05) is 18.3 Å². The van der Waals surface area contributed by atoms with Crippen LogP contribution in [0.15, 0.2) is 24.7 Å². The first-order valence-corrected chi connectivity index (χ1v) is 7.53. The first-order valence-electron chi connectivity index (χ1n) is 7.53. The minimum atomic E-state index is 0.639. The van der Waals surface area contributed by atoms with Crippen LogP contribution in [0, 0.1) is 0 Å². The van der Waals surface area contributed by atoms with Gasteiger partial charge in [-0.05, 0) is 38.3 Å². The van der Waals surface area contributed by atoms with E-state index >= 15 is 0 Å². The van der Waals surface area contributed by atoms with Crippen molar-refractivity contribution < 1.29 is 0 Å². The van der Waals surface area contributed by atoms with Crippen molar-refractivity contribution >= 4 is 23.1 Å². The van der Waals surface area contributed by atoms with Gasteiger partial charge in [0.1, 0.15) is 18.0 Å². The largest absolute Gasteiger partial charge is 0.370 e. The molecule has 7 nitrogen and oxygen atoms in total. The van der Waals surface area contributed by atoms with Crippen molar-refractivity contribution in [1.29, 1.82) is 0 Å². The topological polar surface area (TPSA) is 80.0 Å². The quantitative estimate of drug-likeness (QED) is 0.768. The summed E-state index contributed by atoms with van der Waals surface area (Å²) in [5.41, 5.74) is 3.28. The molecule has 0 atom stereocenters. The molecule has 0 fully saturated rings. The molecule has 1 aliphatic carbocycles. The molecule has 22 heavy (non-hydrogen) atoms. The highest BCUT2D eigenvalue weighted by atomic mass is 15.4. The Morgan fingerprint density at radius 2 is 2.18 bits per heavy atom. The van der Waals surface area contributed by atoms with Crippen LogP contribution < -0.4 is 10.6 Å². The van der Waals surface area contributed by atoms with Crippen molar-refractivity contribution in [1.82, 2.24) is 24.6 Å². The Labute approximate surface area is 127 Å². The van der Waals surface area contributed by atoms with E-state index in [1.165, 1.54) is 11.9 Å². The molecule has 0 saturated carbocycles. The van der Waals surface area contributed by atoms with Gasteiger partial charge in [-0.25, -0.2) is 9.97 Å². The second kappa shape index (κ2) is 5.25. The molecule has 0 unspecified atom stereocenters. The van der Waals surface area contributed by atoms with Gasteiger partial charge in [0.2, 0.25) is 0 Å². The molecular formula is C15H17N7. The number of rotatable bonds is 4. The lowest BCUT2D eigenvalue weighted by Crippen LogP contribution is -2.07. The van der Waals surface area contributed by atoms with E-state index in [2.05, 4.69) is 37.6 Å². The van der Waals surface area contributed by atoms with E-state index in [9.17, 15) is 0 Å². The molecule has 3 heterocycles. The minimum absolute atomic E-state index is 0.639. The summed E-state index contributed by atoms with van der Waals surface area (Å²) in [5.74, 6) is 2.47. The molecule has 3 aromatic rings. The molecule has 4 rings (SSSR count). The Morgan fingerprint density at radius 3 is 3.00 bits per heavy atom. The second-order valence-electron chi connectivity index (χ2n) is 5.30. The summed E-state index contributed by atoms with van der Waals surface area (Å²) in [6.45, 7) is 2.91. The maximum Gasteiger partial charge on any atom is 0.254 e. The minimum Gasteiger partial charge on any atom is -0.370 e. The van der Waals surface area contributed by atoms with E-state index < -0.39 is 0 Å². The Kier molecular flexibility index (Phi) is 3.10. The smallest absolute Gasteiger partial charge is 0.254 e. The van der Waals surface area contributed by atoms with Crippen molar-refractivity contribution in [3.63, 3.8) is 0 Å².